The zero-order valence-corrected chi connectivity index (χ0v) is 9.54. The van der Waals surface area contributed by atoms with Gasteiger partial charge in [-0.05, 0) is 19.4 Å². The van der Waals surface area contributed by atoms with Gasteiger partial charge in [-0.1, -0.05) is 6.92 Å². The summed E-state index contributed by atoms with van der Waals surface area (Å²) in [6.45, 7) is 4.86. The van der Waals surface area contributed by atoms with Crippen molar-refractivity contribution >= 4 is 0 Å². The molecule has 2 aromatic rings. The quantitative estimate of drug-likeness (QED) is 0.854. The Balaban J connectivity index is 2.08. The fourth-order valence-corrected chi connectivity index (χ4v) is 1.50. The highest BCUT2D eigenvalue weighted by Crippen LogP contribution is 2.11. The summed E-state index contributed by atoms with van der Waals surface area (Å²) in [7, 11) is 0. The average Bonchev–Trinajstić information content (AvgIpc) is 2.87. The average molecular weight is 220 g/mol. The van der Waals surface area contributed by atoms with Crippen molar-refractivity contribution in [2.24, 2.45) is 0 Å². The van der Waals surface area contributed by atoms with Crippen LogP contribution in [-0.4, -0.2) is 24.7 Å². The van der Waals surface area contributed by atoms with E-state index in [0.29, 0.717) is 12.6 Å². The molecule has 16 heavy (non-hydrogen) atoms. The maximum absolute atomic E-state index is 9.15. The summed E-state index contributed by atoms with van der Waals surface area (Å²) in [5, 5.41) is 17.6. The minimum absolute atomic E-state index is 0.182. The normalized spacial score (nSPS) is 12.9. The van der Waals surface area contributed by atoms with Gasteiger partial charge in [0.25, 0.3) is 0 Å². The van der Waals surface area contributed by atoms with E-state index in [9.17, 15) is 0 Å². The molecule has 0 aromatic carbocycles. The topological polar surface area (TPSA) is 55.9 Å². The van der Waals surface area contributed by atoms with E-state index in [-0.39, 0.29) is 5.75 Å². The highest BCUT2D eigenvalue weighted by molar-refractivity contribution is 5.10. The SMILES string of the molecule is CCC(C)n1ccc(Cn2cc(O)cn2)n1. The van der Waals surface area contributed by atoms with Crippen molar-refractivity contribution in [1.82, 2.24) is 19.6 Å². The Hall–Kier alpha value is -1.78. The number of rotatable bonds is 4. The van der Waals surface area contributed by atoms with Gasteiger partial charge in [-0.2, -0.15) is 10.2 Å². The molecule has 5 heteroatoms. The van der Waals surface area contributed by atoms with Crippen molar-refractivity contribution in [3.05, 3.63) is 30.4 Å². The molecule has 0 saturated heterocycles. The molecule has 0 fully saturated rings. The van der Waals surface area contributed by atoms with E-state index < -0.39 is 0 Å². The lowest BCUT2D eigenvalue weighted by atomic mass is 10.3. The predicted octanol–water partition coefficient (Wildman–Crippen LogP) is 1.80. The number of aromatic nitrogens is 4. The van der Waals surface area contributed by atoms with Crippen molar-refractivity contribution in [3.8, 4) is 5.75 Å². The van der Waals surface area contributed by atoms with Crippen molar-refractivity contribution in [2.45, 2.75) is 32.9 Å². The van der Waals surface area contributed by atoms with Gasteiger partial charge in [0.15, 0.2) is 5.75 Å². The molecule has 0 spiro atoms. The molecule has 86 valence electrons. The van der Waals surface area contributed by atoms with Gasteiger partial charge >= 0.3 is 0 Å². The van der Waals surface area contributed by atoms with E-state index in [0.717, 1.165) is 12.1 Å². The summed E-state index contributed by atoms with van der Waals surface area (Å²) in [5.41, 5.74) is 0.948. The summed E-state index contributed by atoms with van der Waals surface area (Å²) in [4.78, 5) is 0. The van der Waals surface area contributed by atoms with Gasteiger partial charge in [-0.3, -0.25) is 9.36 Å². The molecule has 5 nitrogen and oxygen atoms in total. The second-order valence-corrected chi connectivity index (χ2v) is 3.94. The van der Waals surface area contributed by atoms with E-state index in [2.05, 4.69) is 24.0 Å². The van der Waals surface area contributed by atoms with Crippen LogP contribution in [0.4, 0.5) is 0 Å². The Morgan fingerprint density at radius 2 is 2.31 bits per heavy atom. The molecular weight excluding hydrogens is 204 g/mol. The van der Waals surface area contributed by atoms with Gasteiger partial charge in [-0.15, -0.1) is 0 Å². The highest BCUT2D eigenvalue weighted by atomic mass is 16.3. The smallest absolute Gasteiger partial charge is 0.153 e. The molecule has 0 aliphatic heterocycles. The number of hydrogen-bond acceptors (Lipinski definition) is 3. The Bertz CT molecular complexity index is 460. The summed E-state index contributed by atoms with van der Waals surface area (Å²) in [6, 6.07) is 2.39. The second kappa shape index (κ2) is 4.38. The van der Waals surface area contributed by atoms with Crippen molar-refractivity contribution < 1.29 is 5.11 Å². The third kappa shape index (κ3) is 2.24. The lowest BCUT2D eigenvalue weighted by Crippen LogP contribution is -2.06. The lowest BCUT2D eigenvalue weighted by molar-refractivity contribution is 0.468. The first-order chi connectivity index (χ1) is 7.69. The molecule has 0 saturated carbocycles. The minimum Gasteiger partial charge on any atom is -0.505 e. The van der Waals surface area contributed by atoms with Crippen LogP contribution < -0.4 is 0 Å². The maximum Gasteiger partial charge on any atom is 0.153 e. The molecular formula is C11H16N4O. The van der Waals surface area contributed by atoms with Crippen LogP contribution in [0, 0.1) is 0 Å². The summed E-state index contributed by atoms with van der Waals surface area (Å²) >= 11 is 0. The molecule has 2 heterocycles. The van der Waals surface area contributed by atoms with Crippen LogP contribution in [0.1, 0.15) is 32.0 Å². The van der Waals surface area contributed by atoms with Gasteiger partial charge in [0.05, 0.1) is 24.6 Å². The number of hydrogen-bond donors (Lipinski definition) is 1. The fraction of sp³-hybridized carbons (Fsp3) is 0.455. The van der Waals surface area contributed by atoms with Crippen molar-refractivity contribution in [2.75, 3.05) is 0 Å². The van der Waals surface area contributed by atoms with Crippen LogP contribution in [0.3, 0.4) is 0 Å². The van der Waals surface area contributed by atoms with Crippen LogP contribution in [0.2, 0.25) is 0 Å². The van der Waals surface area contributed by atoms with Gasteiger partial charge in [0, 0.05) is 12.2 Å². The fourth-order valence-electron chi connectivity index (χ4n) is 1.50. The Morgan fingerprint density at radius 1 is 1.50 bits per heavy atom. The molecule has 0 aliphatic carbocycles. The second-order valence-electron chi connectivity index (χ2n) is 3.94. The third-order valence-corrected chi connectivity index (χ3v) is 2.65. The standard InChI is InChI=1S/C11H16N4O/c1-3-9(2)15-5-4-10(13-15)7-14-8-11(16)6-12-14/h4-6,8-9,16H,3,7H2,1-2H3. The van der Waals surface area contributed by atoms with Gasteiger partial charge in [0.2, 0.25) is 0 Å². The Kier molecular flexibility index (Phi) is 2.94. The van der Waals surface area contributed by atoms with Gasteiger partial charge in [0.1, 0.15) is 0 Å². The minimum atomic E-state index is 0.182. The largest absolute Gasteiger partial charge is 0.505 e. The zero-order valence-electron chi connectivity index (χ0n) is 9.54. The molecule has 0 radical (unpaired) electrons. The van der Waals surface area contributed by atoms with Crippen LogP contribution in [-0.2, 0) is 6.54 Å². The van der Waals surface area contributed by atoms with E-state index in [1.165, 1.54) is 6.20 Å². The number of aromatic hydroxyl groups is 1. The van der Waals surface area contributed by atoms with Crippen LogP contribution in [0.5, 0.6) is 5.75 Å². The molecule has 1 atom stereocenters. The van der Waals surface area contributed by atoms with Crippen molar-refractivity contribution in [1.29, 1.82) is 0 Å². The first-order valence-corrected chi connectivity index (χ1v) is 5.44. The Morgan fingerprint density at radius 3 is 2.94 bits per heavy atom. The first-order valence-electron chi connectivity index (χ1n) is 5.44. The molecule has 1 N–H and O–H groups in total. The first kappa shape index (κ1) is 10.7. The van der Waals surface area contributed by atoms with E-state index in [4.69, 9.17) is 5.11 Å². The van der Waals surface area contributed by atoms with Gasteiger partial charge < -0.3 is 5.11 Å². The van der Waals surface area contributed by atoms with E-state index in [1.807, 2.05) is 16.9 Å². The van der Waals surface area contributed by atoms with E-state index >= 15 is 0 Å². The van der Waals surface area contributed by atoms with Crippen LogP contribution >= 0.6 is 0 Å². The summed E-state index contributed by atoms with van der Waals surface area (Å²) in [5.74, 6) is 0.182. The van der Waals surface area contributed by atoms with Crippen LogP contribution in [0.15, 0.2) is 24.7 Å². The monoisotopic (exact) mass is 220 g/mol. The molecule has 2 rings (SSSR count). The zero-order chi connectivity index (χ0) is 11.5. The Labute approximate surface area is 94.3 Å². The van der Waals surface area contributed by atoms with E-state index in [1.54, 1.807) is 10.9 Å². The van der Waals surface area contributed by atoms with Gasteiger partial charge in [-0.25, -0.2) is 0 Å². The van der Waals surface area contributed by atoms with Crippen LogP contribution in [0.25, 0.3) is 0 Å². The summed E-state index contributed by atoms with van der Waals surface area (Å²) < 4.78 is 3.62. The predicted molar refractivity (Wildman–Crippen MR) is 60.2 cm³/mol. The summed E-state index contributed by atoms with van der Waals surface area (Å²) in [6.07, 6.45) is 6.05. The third-order valence-electron chi connectivity index (χ3n) is 2.65. The molecule has 2 aromatic heterocycles. The lowest BCUT2D eigenvalue weighted by Gasteiger charge is -2.08. The maximum atomic E-state index is 9.15. The molecule has 1 unspecified atom stereocenters. The molecule has 0 aliphatic rings. The molecule has 0 bridgehead atoms. The molecule has 0 amide bonds. The highest BCUT2D eigenvalue weighted by Gasteiger charge is 2.05. The van der Waals surface area contributed by atoms with Crippen molar-refractivity contribution in [3.63, 3.8) is 0 Å². The number of nitrogens with zero attached hydrogens (tertiary/aromatic N) is 4.